The predicted octanol–water partition coefficient (Wildman–Crippen LogP) is 4.26. The summed E-state index contributed by atoms with van der Waals surface area (Å²) in [6.07, 6.45) is 3.44. The van der Waals surface area contributed by atoms with Crippen molar-refractivity contribution >= 4 is 21.8 Å². The summed E-state index contributed by atoms with van der Waals surface area (Å²) in [6, 6.07) is 8.03. The molecule has 0 unspecified atom stereocenters. The van der Waals surface area contributed by atoms with Gasteiger partial charge in [0, 0.05) is 12.6 Å². The van der Waals surface area contributed by atoms with E-state index in [4.69, 9.17) is 4.74 Å². The fourth-order valence-electron chi connectivity index (χ4n) is 4.54. The van der Waals surface area contributed by atoms with Crippen LogP contribution in [0.15, 0.2) is 28.7 Å². The maximum atomic E-state index is 12.6. The number of carbonyl (C=O) groups excluding carboxylic acids is 1. The molecule has 3 rings (SSSR count). The molecule has 22 heavy (non-hydrogen) atoms. The minimum atomic E-state index is 0.113. The SMILES string of the molecule is CC1(C)C[C@@H]2C[C@@](C)(CN2C(=O)COc2ccccc2Br)C1. The lowest BCUT2D eigenvalue weighted by molar-refractivity contribution is -0.134. The van der Waals surface area contributed by atoms with E-state index in [1.165, 1.54) is 6.42 Å². The summed E-state index contributed by atoms with van der Waals surface area (Å²) in [7, 11) is 0. The molecule has 2 fully saturated rings. The third-order valence-corrected chi connectivity index (χ3v) is 5.58. The van der Waals surface area contributed by atoms with Crippen LogP contribution in [0, 0.1) is 10.8 Å². The van der Waals surface area contributed by atoms with E-state index < -0.39 is 0 Å². The van der Waals surface area contributed by atoms with E-state index in [1.54, 1.807) is 0 Å². The molecule has 1 heterocycles. The summed E-state index contributed by atoms with van der Waals surface area (Å²) < 4.78 is 6.59. The molecular weight excluding hydrogens is 342 g/mol. The highest BCUT2D eigenvalue weighted by Crippen LogP contribution is 2.52. The van der Waals surface area contributed by atoms with Crippen LogP contribution in [-0.2, 0) is 4.79 Å². The first-order chi connectivity index (χ1) is 10.3. The molecule has 1 amide bonds. The molecular formula is C18H24BrNO2. The number of likely N-dealkylation sites (tertiary alicyclic amines) is 1. The van der Waals surface area contributed by atoms with E-state index in [-0.39, 0.29) is 17.9 Å². The lowest BCUT2D eigenvalue weighted by Gasteiger charge is -2.39. The quantitative estimate of drug-likeness (QED) is 0.800. The Bertz CT molecular complexity index is 586. The maximum Gasteiger partial charge on any atom is 0.260 e. The number of nitrogens with zero attached hydrogens (tertiary/aromatic N) is 1. The minimum Gasteiger partial charge on any atom is -0.483 e. The molecule has 120 valence electrons. The first kappa shape index (κ1) is 15.9. The first-order valence-electron chi connectivity index (χ1n) is 7.95. The Morgan fingerprint density at radius 1 is 1.32 bits per heavy atom. The van der Waals surface area contributed by atoms with Crippen molar-refractivity contribution in [2.45, 2.75) is 46.1 Å². The fourth-order valence-corrected chi connectivity index (χ4v) is 4.93. The molecule has 2 bridgehead atoms. The zero-order valence-electron chi connectivity index (χ0n) is 13.6. The van der Waals surface area contributed by atoms with E-state index in [2.05, 4.69) is 41.6 Å². The Labute approximate surface area is 141 Å². The molecule has 1 aromatic rings. The van der Waals surface area contributed by atoms with E-state index in [0.717, 1.165) is 29.6 Å². The molecule has 3 nitrogen and oxygen atoms in total. The molecule has 0 radical (unpaired) electrons. The molecule has 1 aliphatic heterocycles. The van der Waals surface area contributed by atoms with Gasteiger partial charge < -0.3 is 9.64 Å². The van der Waals surface area contributed by atoms with E-state index in [9.17, 15) is 4.79 Å². The molecule has 2 atom stereocenters. The number of hydrogen-bond acceptors (Lipinski definition) is 2. The third kappa shape index (κ3) is 3.17. The Morgan fingerprint density at radius 2 is 2.05 bits per heavy atom. The molecule has 0 N–H and O–H groups in total. The number of benzene rings is 1. The van der Waals surface area contributed by atoms with Crippen LogP contribution in [0.25, 0.3) is 0 Å². The number of carbonyl (C=O) groups is 1. The highest BCUT2D eigenvalue weighted by atomic mass is 79.9. The number of fused-ring (bicyclic) bond motifs is 2. The summed E-state index contributed by atoms with van der Waals surface area (Å²) in [6.45, 7) is 7.96. The molecule has 0 spiro atoms. The van der Waals surface area contributed by atoms with Crippen LogP contribution in [0.5, 0.6) is 5.75 Å². The van der Waals surface area contributed by atoms with Crippen molar-refractivity contribution in [3.8, 4) is 5.75 Å². The van der Waals surface area contributed by atoms with Crippen LogP contribution < -0.4 is 4.74 Å². The van der Waals surface area contributed by atoms with Crippen molar-refractivity contribution < 1.29 is 9.53 Å². The van der Waals surface area contributed by atoms with Gasteiger partial charge in [-0.15, -0.1) is 0 Å². The number of rotatable bonds is 3. The van der Waals surface area contributed by atoms with Crippen molar-refractivity contribution in [3.05, 3.63) is 28.7 Å². The summed E-state index contributed by atoms with van der Waals surface area (Å²) >= 11 is 3.45. The van der Waals surface area contributed by atoms with Crippen molar-refractivity contribution in [1.29, 1.82) is 0 Å². The van der Waals surface area contributed by atoms with Gasteiger partial charge in [-0.05, 0) is 58.2 Å². The van der Waals surface area contributed by atoms with Crippen molar-refractivity contribution in [2.24, 2.45) is 10.8 Å². The van der Waals surface area contributed by atoms with Crippen LogP contribution in [0.1, 0.15) is 40.0 Å². The zero-order chi connectivity index (χ0) is 16.0. The molecule has 4 heteroatoms. The lowest BCUT2D eigenvalue weighted by atomic mass is 9.65. The van der Waals surface area contributed by atoms with Gasteiger partial charge in [0.1, 0.15) is 5.75 Å². The standard InChI is InChI=1S/C18H24BrNO2/c1-17(2)8-13-9-18(3,11-17)12-20(13)16(21)10-22-15-7-5-4-6-14(15)19/h4-7,13H,8-12H2,1-3H3/t13-,18-/m1/s1. The molecule has 1 aliphatic carbocycles. The van der Waals surface area contributed by atoms with E-state index >= 15 is 0 Å². The van der Waals surface area contributed by atoms with Gasteiger partial charge in [-0.25, -0.2) is 0 Å². The average Bonchev–Trinajstić information content (AvgIpc) is 2.67. The normalized spacial score (nSPS) is 29.5. The number of amides is 1. The molecule has 0 aromatic heterocycles. The number of hydrogen-bond donors (Lipinski definition) is 0. The van der Waals surface area contributed by atoms with E-state index in [1.807, 2.05) is 24.3 Å². The predicted molar refractivity (Wildman–Crippen MR) is 90.9 cm³/mol. The average molecular weight is 366 g/mol. The second kappa shape index (κ2) is 5.55. The topological polar surface area (TPSA) is 29.5 Å². The highest BCUT2D eigenvalue weighted by Gasteiger charge is 2.50. The molecule has 1 saturated heterocycles. The smallest absolute Gasteiger partial charge is 0.260 e. The number of halogens is 1. The van der Waals surface area contributed by atoms with Gasteiger partial charge in [0.15, 0.2) is 6.61 Å². The zero-order valence-corrected chi connectivity index (χ0v) is 15.1. The van der Waals surface area contributed by atoms with Gasteiger partial charge in [0.25, 0.3) is 5.91 Å². The van der Waals surface area contributed by atoms with Gasteiger partial charge in [0.05, 0.1) is 4.47 Å². The van der Waals surface area contributed by atoms with Crippen LogP contribution in [0.2, 0.25) is 0 Å². The fraction of sp³-hybridized carbons (Fsp3) is 0.611. The number of ether oxygens (including phenoxy) is 1. The second-order valence-electron chi connectivity index (χ2n) is 7.95. The summed E-state index contributed by atoms with van der Waals surface area (Å²) in [5, 5.41) is 0. The maximum absolute atomic E-state index is 12.6. The Kier molecular flexibility index (Phi) is 4.00. The van der Waals surface area contributed by atoms with Crippen molar-refractivity contribution in [2.75, 3.05) is 13.2 Å². The number of para-hydroxylation sites is 1. The van der Waals surface area contributed by atoms with Gasteiger partial charge >= 0.3 is 0 Å². The van der Waals surface area contributed by atoms with Crippen LogP contribution in [0.3, 0.4) is 0 Å². The Balaban J connectivity index is 1.65. The summed E-state index contributed by atoms with van der Waals surface area (Å²) in [5.41, 5.74) is 0.603. The first-order valence-corrected chi connectivity index (χ1v) is 8.74. The Morgan fingerprint density at radius 3 is 2.77 bits per heavy atom. The molecule has 1 saturated carbocycles. The second-order valence-corrected chi connectivity index (χ2v) is 8.81. The lowest BCUT2D eigenvalue weighted by Crippen LogP contribution is -2.40. The molecule has 1 aromatic carbocycles. The van der Waals surface area contributed by atoms with Crippen LogP contribution in [0.4, 0.5) is 0 Å². The van der Waals surface area contributed by atoms with Crippen molar-refractivity contribution in [3.63, 3.8) is 0 Å². The third-order valence-electron chi connectivity index (χ3n) is 4.92. The monoisotopic (exact) mass is 365 g/mol. The van der Waals surface area contributed by atoms with Crippen LogP contribution >= 0.6 is 15.9 Å². The van der Waals surface area contributed by atoms with Gasteiger partial charge in [-0.2, -0.15) is 0 Å². The van der Waals surface area contributed by atoms with Gasteiger partial charge in [-0.3, -0.25) is 4.79 Å². The summed E-state index contributed by atoms with van der Waals surface area (Å²) in [5.74, 6) is 0.840. The van der Waals surface area contributed by atoms with Crippen molar-refractivity contribution in [1.82, 2.24) is 4.90 Å². The Hall–Kier alpha value is -1.03. The van der Waals surface area contributed by atoms with Crippen LogP contribution in [-0.4, -0.2) is 30.0 Å². The molecule has 2 aliphatic rings. The summed E-state index contributed by atoms with van der Waals surface area (Å²) in [4.78, 5) is 14.7. The largest absolute Gasteiger partial charge is 0.483 e. The van der Waals surface area contributed by atoms with E-state index in [0.29, 0.717) is 11.5 Å². The van der Waals surface area contributed by atoms with Gasteiger partial charge in [0.2, 0.25) is 0 Å². The minimum absolute atomic E-state index is 0.113. The highest BCUT2D eigenvalue weighted by molar-refractivity contribution is 9.10. The van der Waals surface area contributed by atoms with Gasteiger partial charge in [-0.1, -0.05) is 32.9 Å².